The van der Waals surface area contributed by atoms with E-state index in [2.05, 4.69) is 22.0 Å². The average Bonchev–Trinajstić information content (AvgIpc) is 2.47. The van der Waals surface area contributed by atoms with Crippen LogP contribution in [-0.2, 0) is 0 Å². The number of nitrogens with zero attached hydrogens (tertiary/aromatic N) is 2. The van der Waals surface area contributed by atoms with Gasteiger partial charge in [0.15, 0.2) is 0 Å². The number of ether oxygens (including phenoxy) is 1. The van der Waals surface area contributed by atoms with E-state index >= 15 is 0 Å². The van der Waals surface area contributed by atoms with Crippen LogP contribution in [0.3, 0.4) is 0 Å². The normalized spacial score (nSPS) is 9.95. The lowest BCUT2D eigenvalue weighted by atomic mass is 10.1. The van der Waals surface area contributed by atoms with Crippen LogP contribution >= 0.6 is 0 Å². The average molecular weight is 252 g/mol. The number of aromatic nitrogens is 1. The van der Waals surface area contributed by atoms with Crippen molar-refractivity contribution in [3.05, 3.63) is 59.4 Å². The van der Waals surface area contributed by atoms with Gasteiger partial charge in [0, 0.05) is 23.5 Å². The second kappa shape index (κ2) is 6.22. The molecule has 0 atom stereocenters. The van der Waals surface area contributed by atoms with Crippen molar-refractivity contribution in [2.75, 3.05) is 7.11 Å². The van der Waals surface area contributed by atoms with Gasteiger partial charge in [-0.25, -0.2) is 0 Å². The molecule has 0 aliphatic carbocycles. The summed E-state index contributed by atoms with van der Waals surface area (Å²) in [5, 5.41) is 11.6. The van der Waals surface area contributed by atoms with Gasteiger partial charge in [0.2, 0.25) is 0 Å². The van der Waals surface area contributed by atoms with Crippen LogP contribution in [0.4, 0.5) is 0 Å². The first kappa shape index (κ1) is 12.7. The maximum Gasteiger partial charge on any atom is 0.118 e. The molecule has 0 saturated carbocycles. The Hall–Kier alpha value is -2.80. The fourth-order valence-electron chi connectivity index (χ4n) is 1.50. The molecule has 94 valence electrons. The molecule has 0 bridgehead atoms. The minimum atomic E-state index is 0.705. The molecule has 0 spiro atoms. The van der Waals surface area contributed by atoms with Crippen LogP contribution in [-0.4, -0.2) is 23.5 Å². The topological polar surface area (TPSA) is 54.7 Å². The summed E-state index contributed by atoms with van der Waals surface area (Å²) in [5.41, 5.74) is 2.30. The number of pyridine rings is 1. The van der Waals surface area contributed by atoms with E-state index < -0.39 is 0 Å². The van der Waals surface area contributed by atoms with Gasteiger partial charge in [0.05, 0.1) is 18.9 Å². The molecule has 1 N–H and O–H groups in total. The molecular weight excluding hydrogens is 240 g/mol. The number of hydrogen-bond acceptors (Lipinski definition) is 4. The number of oxime groups is 1. The van der Waals surface area contributed by atoms with Crippen LogP contribution < -0.4 is 4.74 Å². The van der Waals surface area contributed by atoms with E-state index in [-0.39, 0.29) is 0 Å². The lowest BCUT2D eigenvalue weighted by molar-refractivity contribution is 0.322. The van der Waals surface area contributed by atoms with Gasteiger partial charge in [-0.1, -0.05) is 17.0 Å². The molecule has 0 saturated heterocycles. The summed E-state index contributed by atoms with van der Waals surface area (Å²) in [7, 11) is 1.62. The monoisotopic (exact) mass is 252 g/mol. The molecule has 0 amide bonds. The zero-order valence-electron chi connectivity index (χ0n) is 10.4. The van der Waals surface area contributed by atoms with Gasteiger partial charge >= 0.3 is 0 Å². The Morgan fingerprint density at radius 2 is 2.00 bits per heavy atom. The maximum atomic E-state index is 8.57. The van der Waals surface area contributed by atoms with Crippen molar-refractivity contribution in [3.63, 3.8) is 0 Å². The van der Waals surface area contributed by atoms with E-state index in [4.69, 9.17) is 9.94 Å². The lowest BCUT2D eigenvalue weighted by Crippen LogP contribution is -1.89. The molecule has 0 aliphatic heterocycles. The van der Waals surface area contributed by atoms with Gasteiger partial charge in [-0.05, 0) is 30.3 Å². The highest BCUT2D eigenvalue weighted by Crippen LogP contribution is 2.10. The van der Waals surface area contributed by atoms with Crippen LogP contribution in [0, 0.1) is 11.8 Å². The maximum absolute atomic E-state index is 8.57. The van der Waals surface area contributed by atoms with Gasteiger partial charge in [-0.3, -0.25) is 4.98 Å². The van der Waals surface area contributed by atoms with Gasteiger partial charge in [0.25, 0.3) is 0 Å². The fourth-order valence-corrected chi connectivity index (χ4v) is 1.50. The molecule has 0 unspecified atom stereocenters. The molecular formula is C15H12N2O2. The molecule has 2 rings (SSSR count). The minimum absolute atomic E-state index is 0.705. The molecule has 1 aromatic heterocycles. The van der Waals surface area contributed by atoms with E-state index in [1.54, 1.807) is 25.6 Å². The minimum Gasteiger partial charge on any atom is -0.497 e. The summed E-state index contributed by atoms with van der Waals surface area (Å²) in [6.45, 7) is 0. The molecule has 1 heterocycles. The van der Waals surface area contributed by atoms with Crippen molar-refractivity contribution < 1.29 is 9.94 Å². The Morgan fingerprint density at radius 3 is 2.68 bits per heavy atom. The molecule has 1 aromatic carbocycles. The second-order valence-corrected chi connectivity index (χ2v) is 3.69. The van der Waals surface area contributed by atoms with Crippen LogP contribution in [0.1, 0.15) is 16.7 Å². The van der Waals surface area contributed by atoms with Crippen LogP contribution in [0.15, 0.2) is 47.9 Å². The predicted octanol–water partition coefficient (Wildman–Crippen LogP) is 2.30. The zero-order valence-corrected chi connectivity index (χ0v) is 10.4. The van der Waals surface area contributed by atoms with Gasteiger partial charge < -0.3 is 9.94 Å². The van der Waals surface area contributed by atoms with E-state index in [9.17, 15) is 0 Å². The van der Waals surface area contributed by atoms with Crippen molar-refractivity contribution in [1.29, 1.82) is 0 Å². The van der Waals surface area contributed by atoms with Gasteiger partial charge in [-0.15, -0.1) is 0 Å². The SMILES string of the molecule is COc1ccc(C#Cc2cnccc2C=NO)cc1. The van der Waals surface area contributed by atoms with Crippen LogP contribution in [0.5, 0.6) is 5.75 Å². The molecule has 4 heteroatoms. The number of hydrogen-bond donors (Lipinski definition) is 1. The van der Waals surface area contributed by atoms with E-state index in [0.717, 1.165) is 16.9 Å². The Labute approximate surface area is 111 Å². The summed E-state index contributed by atoms with van der Waals surface area (Å²) < 4.78 is 5.08. The first-order valence-corrected chi connectivity index (χ1v) is 5.61. The third kappa shape index (κ3) is 3.33. The van der Waals surface area contributed by atoms with Crippen molar-refractivity contribution in [3.8, 4) is 17.6 Å². The van der Waals surface area contributed by atoms with Crippen molar-refractivity contribution in [2.24, 2.45) is 5.16 Å². The van der Waals surface area contributed by atoms with Crippen LogP contribution in [0.25, 0.3) is 0 Å². The first-order valence-electron chi connectivity index (χ1n) is 5.61. The van der Waals surface area contributed by atoms with Crippen molar-refractivity contribution in [2.45, 2.75) is 0 Å². The zero-order chi connectivity index (χ0) is 13.5. The molecule has 2 aromatic rings. The highest BCUT2D eigenvalue weighted by Gasteiger charge is 1.96. The summed E-state index contributed by atoms with van der Waals surface area (Å²) in [5.74, 6) is 6.81. The molecule has 0 radical (unpaired) electrons. The number of methoxy groups -OCH3 is 1. The van der Waals surface area contributed by atoms with Gasteiger partial charge in [-0.2, -0.15) is 0 Å². The molecule has 0 fully saturated rings. The number of benzene rings is 1. The quantitative estimate of drug-likeness (QED) is 0.386. The highest BCUT2D eigenvalue weighted by atomic mass is 16.5. The van der Waals surface area contributed by atoms with Gasteiger partial charge in [0.1, 0.15) is 5.75 Å². The highest BCUT2D eigenvalue weighted by molar-refractivity contribution is 5.82. The van der Waals surface area contributed by atoms with Crippen molar-refractivity contribution >= 4 is 6.21 Å². The predicted molar refractivity (Wildman–Crippen MR) is 72.6 cm³/mol. The smallest absolute Gasteiger partial charge is 0.118 e. The Morgan fingerprint density at radius 1 is 1.21 bits per heavy atom. The van der Waals surface area contributed by atoms with E-state index in [0.29, 0.717) is 5.56 Å². The summed E-state index contributed by atoms with van der Waals surface area (Å²) >= 11 is 0. The molecule has 0 aliphatic rings. The first-order chi connectivity index (χ1) is 9.33. The third-order valence-corrected chi connectivity index (χ3v) is 2.48. The number of rotatable bonds is 2. The van der Waals surface area contributed by atoms with Crippen LogP contribution in [0.2, 0.25) is 0 Å². The van der Waals surface area contributed by atoms with E-state index in [1.165, 1.54) is 6.21 Å². The summed E-state index contributed by atoms with van der Waals surface area (Å²) in [6, 6.07) is 9.19. The molecule has 4 nitrogen and oxygen atoms in total. The second-order valence-electron chi connectivity index (χ2n) is 3.69. The lowest BCUT2D eigenvalue weighted by Gasteiger charge is -1.98. The van der Waals surface area contributed by atoms with E-state index in [1.807, 2.05) is 24.3 Å². The fraction of sp³-hybridized carbons (Fsp3) is 0.0667. The largest absolute Gasteiger partial charge is 0.497 e. The Balaban J connectivity index is 2.28. The Bertz CT molecular complexity index is 637. The summed E-state index contributed by atoms with van der Waals surface area (Å²) in [4.78, 5) is 4.00. The standard InChI is InChI=1S/C15H12N2O2/c1-19-15-6-3-12(4-7-15)2-5-13-10-16-9-8-14(13)11-17-18/h3-4,6-11,18H,1H3. The molecule has 19 heavy (non-hydrogen) atoms. The van der Waals surface area contributed by atoms with Crippen molar-refractivity contribution in [1.82, 2.24) is 4.98 Å². The Kier molecular flexibility index (Phi) is 4.14. The summed E-state index contributed by atoms with van der Waals surface area (Å²) in [6.07, 6.45) is 4.59. The third-order valence-electron chi connectivity index (χ3n) is 2.48.